The van der Waals surface area contributed by atoms with Crippen molar-refractivity contribution in [2.45, 2.75) is 38.1 Å². The van der Waals surface area contributed by atoms with Crippen molar-refractivity contribution in [2.75, 3.05) is 65.8 Å². The molecule has 4 rings (SSSR count). The van der Waals surface area contributed by atoms with Gasteiger partial charge in [-0.3, -0.25) is 9.69 Å². The molecule has 0 aromatic carbocycles. The summed E-state index contributed by atoms with van der Waals surface area (Å²) in [7, 11) is 3.63. The van der Waals surface area contributed by atoms with Crippen LogP contribution in [0.5, 0.6) is 0 Å². The van der Waals surface area contributed by atoms with Crippen molar-refractivity contribution in [3.05, 3.63) is 16.0 Å². The number of likely N-dealkylation sites (tertiary alicyclic amines) is 2. The van der Waals surface area contributed by atoms with Crippen molar-refractivity contribution < 1.29 is 14.3 Å². The number of likely N-dealkylation sites (N-methyl/N-ethyl adjacent to an activating group) is 1. The number of carbonyl (C=O) groups excluding carboxylic acids is 2. The van der Waals surface area contributed by atoms with Crippen molar-refractivity contribution in [3.8, 4) is 6.07 Å². The molecular weight excluding hydrogens is 452 g/mol. The number of nitrogens with zero attached hydrogens (tertiary/aromatic N) is 4. The number of nitrogens with one attached hydrogen (secondary N) is 1. The van der Waals surface area contributed by atoms with Crippen molar-refractivity contribution >= 4 is 28.3 Å². The number of imide groups is 1. The third kappa shape index (κ3) is 5.23. The number of hydrogen-bond donors (Lipinski definition) is 2. The summed E-state index contributed by atoms with van der Waals surface area (Å²) in [4.78, 5) is 33.7. The summed E-state index contributed by atoms with van der Waals surface area (Å²) < 4.78 is 5.19. The number of nitriles is 1. The normalized spacial score (nSPS) is 24.8. The number of fused-ring (bicyclic) bond motifs is 2. The second-order valence-corrected chi connectivity index (χ2v) is 10.9. The highest BCUT2D eigenvalue weighted by Gasteiger charge is 2.43. The minimum atomic E-state index is -0.339. The molecule has 186 valence electrons. The van der Waals surface area contributed by atoms with Gasteiger partial charge in [0.15, 0.2) is 0 Å². The average molecular weight is 489 g/mol. The van der Waals surface area contributed by atoms with E-state index in [2.05, 4.69) is 28.2 Å². The number of ether oxygens (including phenoxy) is 1. The molecule has 0 radical (unpaired) electrons. The number of rotatable bonds is 7. The highest BCUT2D eigenvalue weighted by molar-refractivity contribution is 7.16. The maximum absolute atomic E-state index is 13.6. The Bertz CT molecular complexity index is 938. The fraction of sp³-hybridized carbons (Fsp3) is 0.708. The highest BCUT2D eigenvalue weighted by atomic mass is 32.1. The quantitative estimate of drug-likeness (QED) is 0.598. The maximum atomic E-state index is 13.6. The average Bonchev–Trinajstić information content (AvgIpc) is 3.44. The van der Waals surface area contributed by atoms with E-state index in [1.807, 2.05) is 0 Å². The molecule has 3 atom stereocenters. The van der Waals surface area contributed by atoms with Crippen LogP contribution in [0.25, 0.3) is 0 Å². The Morgan fingerprint density at radius 2 is 2.09 bits per heavy atom. The molecule has 2 aliphatic heterocycles. The first kappa shape index (κ1) is 24.9. The van der Waals surface area contributed by atoms with Crippen LogP contribution in [0.15, 0.2) is 0 Å². The van der Waals surface area contributed by atoms with Crippen molar-refractivity contribution in [1.82, 2.24) is 20.0 Å². The SMILES string of the molecule is COCCN(C(=O)NCCN1CCCC1)C(=O)[C@@H]1C[C@@H]2Cc3c(sc(N)c3C#N)C[C@H]2N(C)C1. The van der Waals surface area contributed by atoms with Crippen LogP contribution in [0.4, 0.5) is 9.80 Å². The zero-order valence-electron chi connectivity index (χ0n) is 20.2. The fourth-order valence-corrected chi connectivity index (χ4v) is 6.89. The largest absolute Gasteiger partial charge is 0.389 e. The summed E-state index contributed by atoms with van der Waals surface area (Å²) in [6.45, 7) is 4.65. The molecule has 3 N–H and O–H groups in total. The molecule has 0 bridgehead atoms. The van der Waals surface area contributed by atoms with Crippen LogP contribution in [-0.2, 0) is 22.4 Å². The molecule has 10 heteroatoms. The predicted octanol–water partition coefficient (Wildman–Crippen LogP) is 1.52. The van der Waals surface area contributed by atoms with Crippen LogP contribution in [0.2, 0.25) is 0 Å². The first-order valence-electron chi connectivity index (χ1n) is 12.2. The number of nitrogen functional groups attached to an aromatic ring is 1. The topological polar surface area (TPSA) is 115 Å². The Labute approximate surface area is 205 Å². The zero-order valence-corrected chi connectivity index (χ0v) is 21.0. The summed E-state index contributed by atoms with van der Waals surface area (Å²) in [6, 6.07) is 2.25. The van der Waals surface area contributed by atoms with E-state index in [1.54, 1.807) is 7.11 Å². The van der Waals surface area contributed by atoms with Gasteiger partial charge in [-0.15, -0.1) is 11.3 Å². The Hall–Kier alpha value is -2.19. The first-order chi connectivity index (χ1) is 16.4. The Kier molecular flexibility index (Phi) is 8.09. The molecule has 3 amide bonds. The van der Waals surface area contributed by atoms with E-state index in [1.165, 1.54) is 34.0 Å². The molecule has 3 heterocycles. The molecule has 0 spiro atoms. The number of methoxy groups -OCH3 is 1. The molecule has 0 saturated carbocycles. The summed E-state index contributed by atoms with van der Waals surface area (Å²) in [5.41, 5.74) is 7.76. The van der Waals surface area contributed by atoms with Crippen molar-refractivity contribution in [1.29, 1.82) is 5.26 Å². The Morgan fingerprint density at radius 1 is 1.32 bits per heavy atom. The Balaban J connectivity index is 1.42. The zero-order chi connectivity index (χ0) is 24.2. The van der Waals surface area contributed by atoms with Gasteiger partial charge in [0, 0.05) is 37.7 Å². The van der Waals surface area contributed by atoms with Gasteiger partial charge in [-0.1, -0.05) is 0 Å². The molecule has 34 heavy (non-hydrogen) atoms. The molecule has 2 saturated heterocycles. The summed E-state index contributed by atoms with van der Waals surface area (Å²) in [5, 5.41) is 13.1. The molecule has 1 aliphatic carbocycles. The lowest BCUT2D eigenvalue weighted by Crippen LogP contribution is -2.56. The molecule has 0 unspecified atom stereocenters. The number of nitrogens with two attached hydrogens (primary N) is 1. The van der Waals surface area contributed by atoms with Gasteiger partial charge in [0.1, 0.15) is 11.1 Å². The molecule has 1 aromatic heterocycles. The molecule has 2 fully saturated rings. The molecular formula is C24H36N6O3S. The summed E-state index contributed by atoms with van der Waals surface area (Å²) >= 11 is 1.52. The fourth-order valence-electron chi connectivity index (χ4n) is 5.79. The van der Waals surface area contributed by atoms with Gasteiger partial charge < -0.3 is 25.6 Å². The lowest BCUT2D eigenvalue weighted by Gasteiger charge is -2.45. The summed E-state index contributed by atoms with van der Waals surface area (Å²) in [6.07, 6.45) is 4.74. The summed E-state index contributed by atoms with van der Waals surface area (Å²) in [5.74, 6) is -0.156. The maximum Gasteiger partial charge on any atom is 0.324 e. The smallest absolute Gasteiger partial charge is 0.324 e. The van der Waals surface area contributed by atoms with Crippen LogP contribution in [0.3, 0.4) is 0 Å². The van der Waals surface area contributed by atoms with E-state index in [4.69, 9.17) is 10.5 Å². The molecule has 1 aromatic rings. The van der Waals surface area contributed by atoms with Crippen LogP contribution < -0.4 is 11.1 Å². The second kappa shape index (κ2) is 11.0. The standard InChI is InChI=1S/C24H36N6O3S/c1-28-15-17(11-16-12-18-19(14-25)22(26)34-21(18)13-20(16)28)23(31)30(9-10-33-2)24(32)27-5-8-29-6-3-4-7-29/h16-17,20H,3-13,15,26H2,1-2H3,(H,27,32)/t16-,17-,20-/m1/s1. The number of anilines is 1. The van der Waals surface area contributed by atoms with E-state index in [-0.39, 0.29) is 30.3 Å². The number of urea groups is 1. The minimum Gasteiger partial charge on any atom is -0.389 e. The van der Waals surface area contributed by atoms with E-state index in [0.29, 0.717) is 42.7 Å². The Morgan fingerprint density at radius 3 is 2.79 bits per heavy atom. The van der Waals surface area contributed by atoms with Crippen LogP contribution in [-0.4, -0.2) is 92.7 Å². The van der Waals surface area contributed by atoms with Crippen molar-refractivity contribution in [2.24, 2.45) is 11.8 Å². The minimum absolute atomic E-state index is 0.142. The number of thiophene rings is 1. The van der Waals surface area contributed by atoms with Gasteiger partial charge in [-0.2, -0.15) is 5.26 Å². The second-order valence-electron chi connectivity index (χ2n) is 9.73. The highest BCUT2D eigenvalue weighted by Crippen LogP contribution is 2.42. The van der Waals surface area contributed by atoms with Crippen LogP contribution in [0.1, 0.15) is 35.3 Å². The number of carbonyl (C=O) groups is 2. The van der Waals surface area contributed by atoms with E-state index in [9.17, 15) is 14.9 Å². The van der Waals surface area contributed by atoms with Gasteiger partial charge in [0.2, 0.25) is 5.91 Å². The molecule has 9 nitrogen and oxygen atoms in total. The molecule has 3 aliphatic rings. The number of piperidine rings is 1. The van der Waals surface area contributed by atoms with Gasteiger partial charge >= 0.3 is 6.03 Å². The lowest BCUT2D eigenvalue weighted by atomic mass is 9.74. The first-order valence-corrected chi connectivity index (χ1v) is 13.0. The van der Waals surface area contributed by atoms with Crippen LogP contribution in [0, 0.1) is 23.2 Å². The third-order valence-electron chi connectivity index (χ3n) is 7.58. The van der Waals surface area contributed by atoms with Crippen LogP contribution >= 0.6 is 11.3 Å². The van der Waals surface area contributed by atoms with E-state index < -0.39 is 0 Å². The lowest BCUT2D eigenvalue weighted by molar-refractivity contribution is -0.136. The van der Waals surface area contributed by atoms with E-state index in [0.717, 1.165) is 38.0 Å². The monoisotopic (exact) mass is 488 g/mol. The number of hydrogen-bond acceptors (Lipinski definition) is 8. The number of amides is 3. The van der Waals surface area contributed by atoms with Gasteiger partial charge in [-0.05, 0) is 63.7 Å². The predicted molar refractivity (Wildman–Crippen MR) is 132 cm³/mol. The third-order valence-corrected chi connectivity index (χ3v) is 8.66. The van der Waals surface area contributed by atoms with Gasteiger partial charge in [-0.25, -0.2) is 4.79 Å². The van der Waals surface area contributed by atoms with Gasteiger partial charge in [0.05, 0.1) is 24.6 Å². The van der Waals surface area contributed by atoms with Crippen molar-refractivity contribution in [3.63, 3.8) is 0 Å². The van der Waals surface area contributed by atoms with E-state index >= 15 is 0 Å². The van der Waals surface area contributed by atoms with Gasteiger partial charge in [0.25, 0.3) is 0 Å².